The summed E-state index contributed by atoms with van der Waals surface area (Å²) in [6.45, 7) is 7.31. The van der Waals surface area contributed by atoms with Crippen LogP contribution < -0.4 is 16.1 Å². The quantitative estimate of drug-likeness (QED) is 0.141. The van der Waals surface area contributed by atoms with Gasteiger partial charge in [-0.15, -0.1) is 0 Å². The van der Waals surface area contributed by atoms with Crippen LogP contribution in [0.25, 0.3) is 16.8 Å². The zero-order valence-corrected chi connectivity index (χ0v) is 26.2. The molecule has 0 aliphatic carbocycles. The molecular weight excluding hydrogens is 591 g/mol. The Morgan fingerprint density at radius 2 is 1.71 bits per heavy atom. The highest BCUT2D eigenvalue weighted by Crippen LogP contribution is 2.25. The minimum absolute atomic E-state index is 0.0732. The van der Waals surface area contributed by atoms with Crippen molar-refractivity contribution in [3.8, 4) is 0 Å². The molecule has 0 saturated heterocycles. The molecule has 0 radical (unpaired) electrons. The van der Waals surface area contributed by atoms with Gasteiger partial charge in [-0.2, -0.15) is 0 Å². The van der Waals surface area contributed by atoms with Gasteiger partial charge in [-0.3, -0.25) is 19.4 Å². The van der Waals surface area contributed by atoms with Crippen LogP contribution in [0.15, 0.2) is 42.5 Å². The average Bonchev–Trinajstić information content (AvgIpc) is 2.89. The van der Waals surface area contributed by atoms with E-state index in [1.54, 1.807) is 19.9 Å². The highest BCUT2D eigenvalue weighted by Gasteiger charge is 2.28. The second-order valence-corrected chi connectivity index (χ2v) is 12.7. The Kier molecular flexibility index (Phi) is 13.8. The van der Waals surface area contributed by atoms with Gasteiger partial charge >= 0.3 is 0 Å². The molecule has 0 heterocycles. The van der Waals surface area contributed by atoms with Gasteiger partial charge in [0, 0.05) is 20.0 Å². The molecule has 41 heavy (non-hydrogen) atoms. The van der Waals surface area contributed by atoms with Gasteiger partial charge in [-0.25, -0.2) is 5.43 Å². The van der Waals surface area contributed by atoms with Crippen molar-refractivity contribution >= 4 is 69.4 Å². The molecule has 0 spiro atoms. The third-order valence-electron chi connectivity index (χ3n) is 6.17. The van der Waals surface area contributed by atoms with Crippen LogP contribution in [0.5, 0.6) is 0 Å². The number of nitrogens with zero attached hydrogens (tertiary/aromatic N) is 1. The van der Waals surface area contributed by atoms with E-state index < -0.39 is 27.9 Å². The number of likely N-dealkylation sites (N-methyl/N-ethyl adjacent to an activating group) is 1. The van der Waals surface area contributed by atoms with Crippen molar-refractivity contribution in [1.82, 2.24) is 21.1 Å². The number of halogens is 3. The molecule has 2 aromatic rings. The number of aliphatic hydroxyl groups excluding tert-OH is 1. The summed E-state index contributed by atoms with van der Waals surface area (Å²) >= 11 is 16.9. The lowest BCUT2D eigenvalue weighted by Crippen LogP contribution is -2.56. The molecular formula is C29H39Cl3N4O5. The number of hydrazine groups is 1. The van der Waals surface area contributed by atoms with Gasteiger partial charge in [0.2, 0.25) is 15.6 Å². The second-order valence-electron chi connectivity index (χ2n) is 10.1. The lowest BCUT2D eigenvalue weighted by molar-refractivity contribution is -0.138. The zero-order chi connectivity index (χ0) is 30.7. The molecule has 0 aliphatic heterocycles. The molecule has 3 unspecified atom stereocenters. The third-order valence-corrected chi connectivity index (χ3v) is 6.50. The van der Waals surface area contributed by atoms with Gasteiger partial charge < -0.3 is 20.5 Å². The van der Waals surface area contributed by atoms with Crippen LogP contribution in [0.3, 0.4) is 0 Å². The average molecular weight is 630 g/mol. The summed E-state index contributed by atoms with van der Waals surface area (Å²) in [4.78, 5) is 38.3. The Morgan fingerprint density at radius 3 is 2.34 bits per heavy atom. The normalized spacial score (nSPS) is 14.2. The van der Waals surface area contributed by atoms with Crippen molar-refractivity contribution in [1.29, 1.82) is 0 Å². The number of rotatable bonds is 14. The Morgan fingerprint density at radius 1 is 1.02 bits per heavy atom. The topological polar surface area (TPSA) is 120 Å². The Hall–Kier alpha value is -2.40. The van der Waals surface area contributed by atoms with Crippen LogP contribution in [-0.4, -0.2) is 70.5 Å². The first-order valence-electron chi connectivity index (χ1n) is 13.3. The van der Waals surface area contributed by atoms with E-state index in [9.17, 15) is 19.5 Å². The van der Waals surface area contributed by atoms with Crippen molar-refractivity contribution in [2.45, 2.75) is 56.1 Å². The van der Waals surface area contributed by atoms with Gasteiger partial charge in [-0.05, 0) is 53.8 Å². The Balaban J connectivity index is 1.87. The first-order chi connectivity index (χ1) is 19.2. The number of ether oxygens (including phenoxy) is 1. The molecule has 4 N–H and O–H groups in total. The standard InChI is InChI=1S/C29H39Cl3N4O5/c1-18(2)26(27(39)34-19(3)28(40)36(5)33-13-14-41-17-29(30,31)32)35-25(38)8-6-7-21-9-10-22-11-12-23(20(4)37)16-24(22)15-21/h6-7,9-12,15-16,18-20,26,33,37H,8,13-14,17H2,1-5H3,(H,34,39)(H,35,38). The fourth-order valence-corrected chi connectivity index (χ4v) is 4.15. The largest absolute Gasteiger partial charge is 0.389 e. The monoisotopic (exact) mass is 628 g/mol. The van der Waals surface area contributed by atoms with E-state index in [4.69, 9.17) is 39.5 Å². The predicted octanol–water partition coefficient (Wildman–Crippen LogP) is 4.29. The minimum Gasteiger partial charge on any atom is -0.389 e. The van der Waals surface area contributed by atoms with E-state index in [1.807, 2.05) is 56.3 Å². The molecule has 2 rings (SSSR count). The maximum Gasteiger partial charge on any atom is 0.258 e. The third kappa shape index (κ3) is 12.2. The minimum atomic E-state index is -1.51. The molecule has 2 aromatic carbocycles. The summed E-state index contributed by atoms with van der Waals surface area (Å²) in [5.74, 6) is -1.37. The molecule has 0 aromatic heterocycles. The fraction of sp³-hybridized carbons (Fsp3) is 0.483. The number of hydrogen-bond donors (Lipinski definition) is 4. The molecule has 3 atom stereocenters. The van der Waals surface area contributed by atoms with E-state index in [2.05, 4.69) is 16.1 Å². The SMILES string of the molecule is CC(NC(=O)C(NC(=O)CC=Cc1ccc2ccc(C(C)O)cc2c1)C(C)C)C(=O)N(C)NCCOCC(Cl)(Cl)Cl. The predicted molar refractivity (Wildman–Crippen MR) is 164 cm³/mol. The summed E-state index contributed by atoms with van der Waals surface area (Å²) in [6.07, 6.45) is 3.08. The lowest BCUT2D eigenvalue weighted by atomic mass is 10.0. The first-order valence-corrected chi connectivity index (χ1v) is 14.4. The summed E-state index contributed by atoms with van der Waals surface area (Å²) in [7, 11) is 1.52. The van der Waals surface area contributed by atoms with Gasteiger partial charge in [0.15, 0.2) is 0 Å². The molecule has 0 aliphatic rings. The highest BCUT2D eigenvalue weighted by atomic mass is 35.6. The second kappa shape index (κ2) is 16.3. The maximum atomic E-state index is 12.9. The molecule has 12 heteroatoms. The summed E-state index contributed by atoms with van der Waals surface area (Å²) < 4.78 is 3.70. The first kappa shape index (κ1) is 34.8. The number of amides is 3. The highest BCUT2D eigenvalue weighted by molar-refractivity contribution is 6.67. The smallest absolute Gasteiger partial charge is 0.258 e. The molecule has 0 saturated carbocycles. The molecule has 0 bridgehead atoms. The Bertz CT molecular complexity index is 1220. The number of fused-ring (bicyclic) bond motifs is 1. The van der Waals surface area contributed by atoms with Crippen molar-refractivity contribution in [3.05, 3.63) is 53.6 Å². The molecule has 9 nitrogen and oxygen atoms in total. The van der Waals surface area contributed by atoms with Crippen LogP contribution in [-0.2, 0) is 19.1 Å². The van der Waals surface area contributed by atoms with Crippen molar-refractivity contribution < 1.29 is 24.2 Å². The number of alkyl halides is 3. The van der Waals surface area contributed by atoms with E-state index in [-0.39, 0.29) is 43.9 Å². The van der Waals surface area contributed by atoms with Crippen LogP contribution in [0.2, 0.25) is 0 Å². The fourth-order valence-electron chi connectivity index (χ4n) is 3.92. The van der Waals surface area contributed by atoms with Crippen LogP contribution >= 0.6 is 34.8 Å². The van der Waals surface area contributed by atoms with Crippen LogP contribution in [0.1, 0.15) is 51.3 Å². The van der Waals surface area contributed by atoms with E-state index in [0.29, 0.717) is 0 Å². The number of nitrogens with one attached hydrogen (secondary N) is 3. The van der Waals surface area contributed by atoms with Gasteiger partial charge in [0.1, 0.15) is 12.1 Å². The number of aliphatic hydroxyl groups is 1. The lowest BCUT2D eigenvalue weighted by Gasteiger charge is -2.26. The number of carbonyl (C=O) groups excluding carboxylic acids is 3. The number of hydrogen-bond acceptors (Lipinski definition) is 6. The van der Waals surface area contributed by atoms with E-state index in [1.165, 1.54) is 12.1 Å². The summed E-state index contributed by atoms with van der Waals surface area (Å²) in [5.41, 5.74) is 4.59. The summed E-state index contributed by atoms with van der Waals surface area (Å²) in [5, 5.41) is 18.6. The van der Waals surface area contributed by atoms with Crippen molar-refractivity contribution in [3.63, 3.8) is 0 Å². The van der Waals surface area contributed by atoms with Crippen LogP contribution in [0.4, 0.5) is 0 Å². The molecule has 0 fully saturated rings. The maximum absolute atomic E-state index is 12.9. The van der Waals surface area contributed by atoms with Crippen molar-refractivity contribution in [2.24, 2.45) is 5.92 Å². The van der Waals surface area contributed by atoms with E-state index in [0.717, 1.165) is 21.9 Å². The molecule has 226 valence electrons. The van der Waals surface area contributed by atoms with Crippen LogP contribution in [0, 0.1) is 5.92 Å². The molecule has 3 amide bonds. The number of benzene rings is 2. The Labute approximate surface area is 256 Å². The zero-order valence-electron chi connectivity index (χ0n) is 23.9. The summed E-state index contributed by atoms with van der Waals surface area (Å²) in [6, 6.07) is 10.1. The van der Waals surface area contributed by atoms with Gasteiger partial charge in [-0.1, -0.05) is 85.1 Å². The van der Waals surface area contributed by atoms with E-state index >= 15 is 0 Å². The van der Waals surface area contributed by atoms with Gasteiger partial charge in [0.25, 0.3) is 5.91 Å². The van der Waals surface area contributed by atoms with Gasteiger partial charge in [0.05, 0.1) is 19.3 Å². The van der Waals surface area contributed by atoms with Crippen molar-refractivity contribution in [2.75, 3.05) is 26.8 Å². The number of carbonyl (C=O) groups is 3.